The SMILES string of the molecule is CC(C)CN(CCC(N)=S)S(=O)(=O)c1ccc(F)cc1. The molecule has 0 saturated heterocycles. The van der Waals surface area contributed by atoms with Crippen LogP contribution in [0.15, 0.2) is 29.2 Å². The normalized spacial score (nSPS) is 12.1. The molecule has 7 heteroatoms. The molecule has 0 bridgehead atoms. The summed E-state index contributed by atoms with van der Waals surface area (Å²) in [7, 11) is -3.66. The lowest BCUT2D eigenvalue weighted by atomic mass is 10.2. The van der Waals surface area contributed by atoms with E-state index in [1.165, 1.54) is 16.4 Å². The Kier molecular flexibility index (Phi) is 6.04. The van der Waals surface area contributed by atoms with Gasteiger partial charge in [0.15, 0.2) is 0 Å². The molecule has 1 rings (SSSR count). The number of hydrogen-bond acceptors (Lipinski definition) is 3. The number of halogens is 1. The van der Waals surface area contributed by atoms with Gasteiger partial charge in [-0.25, -0.2) is 12.8 Å². The van der Waals surface area contributed by atoms with Crippen LogP contribution >= 0.6 is 12.2 Å². The van der Waals surface area contributed by atoms with E-state index in [-0.39, 0.29) is 22.3 Å². The van der Waals surface area contributed by atoms with Gasteiger partial charge in [0.2, 0.25) is 10.0 Å². The van der Waals surface area contributed by atoms with Gasteiger partial charge in [-0.1, -0.05) is 26.1 Å². The monoisotopic (exact) mass is 318 g/mol. The fourth-order valence-corrected chi connectivity index (χ4v) is 3.40. The van der Waals surface area contributed by atoms with E-state index in [1.54, 1.807) is 0 Å². The van der Waals surface area contributed by atoms with E-state index in [1.807, 2.05) is 13.8 Å². The lowest BCUT2D eigenvalue weighted by Crippen LogP contribution is -2.36. The first kappa shape index (κ1) is 17.0. The topological polar surface area (TPSA) is 63.4 Å². The Morgan fingerprint density at radius 2 is 1.90 bits per heavy atom. The van der Waals surface area contributed by atoms with Gasteiger partial charge in [-0.15, -0.1) is 0 Å². The first-order valence-corrected chi connectivity index (χ1v) is 8.12. The predicted octanol–water partition coefficient (Wildman–Crippen LogP) is 2.15. The second kappa shape index (κ2) is 7.10. The van der Waals surface area contributed by atoms with Crippen molar-refractivity contribution in [3.63, 3.8) is 0 Å². The first-order chi connectivity index (χ1) is 9.23. The number of hydrogen-bond donors (Lipinski definition) is 1. The maximum Gasteiger partial charge on any atom is 0.243 e. The molecule has 0 aliphatic rings. The van der Waals surface area contributed by atoms with Crippen LogP contribution in [0.2, 0.25) is 0 Å². The van der Waals surface area contributed by atoms with Crippen LogP contribution in [0, 0.1) is 11.7 Å². The van der Waals surface area contributed by atoms with Crippen LogP contribution in [0.4, 0.5) is 4.39 Å². The van der Waals surface area contributed by atoms with Gasteiger partial charge in [-0.3, -0.25) is 0 Å². The maximum atomic E-state index is 12.9. The van der Waals surface area contributed by atoms with Gasteiger partial charge in [0, 0.05) is 19.5 Å². The fraction of sp³-hybridized carbons (Fsp3) is 0.462. The van der Waals surface area contributed by atoms with Gasteiger partial charge >= 0.3 is 0 Å². The van der Waals surface area contributed by atoms with E-state index in [0.717, 1.165) is 12.1 Å². The first-order valence-electron chi connectivity index (χ1n) is 6.27. The fourth-order valence-electron chi connectivity index (χ4n) is 1.71. The van der Waals surface area contributed by atoms with E-state index in [4.69, 9.17) is 18.0 Å². The Bertz CT molecular complexity index is 556. The zero-order chi connectivity index (χ0) is 15.3. The van der Waals surface area contributed by atoms with Crippen LogP contribution in [-0.4, -0.2) is 30.8 Å². The molecule has 2 N–H and O–H groups in total. The molecule has 0 saturated carbocycles. The molecule has 112 valence electrons. The van der Waals surface area contributed by atoms with Crippen molar-refractivity contribution < 1.29 is 12.8 Å². The molecule has 0 aliphatic carbocycles. The summed E-state index contributed by atoms with van der Waals surface area (Å²) in [5.74, 6) is -0.306. The van der Waals surface area contributed by atoms with Crippen LogP contribution in [0.1, 0.15) is 20.3 Å². The Labute approximate surface area is 124 Å². The average Bonchev–Trinajstić information content (AvgIpc) is 2.34. The van der Waals surface area contributed by atoms with Crippen molar-refractivity contribution >= 4 is 27.2 Å². The standard InChI is InChI=1S/C13H19FN2O2S2/c1-10(2)9-16(8-7-13(15)19)20(17,18)12-5-3-11(14)4-6-12/h3-6,10H,7-9H2,1-2H3,(H2,15,19). The minimum atomic E-state index is -3.66. The Morgan fingerprint density at radius 3 is 2.35 bits per heavy atom. The number of sulfonamides is 1. The van der Waals surface area contributed by atoms with Crippen LogP contribution in [0.5, 0.6) is 0 Å². The molecule has 0 heterocycles. The Morgan fingerprint density at radius 1 is 1.35 bits per heavy atom. The van der Waals surface area contributed by atoms with Crippen molar-refractivity contribution in [3.8, 4) is 0 Å². The summed E-state index contributed by atoms with van der Waals surface area (Å²) in [6, 6.07) is 4.79. The van der Waals surface area contributed by atoms with Crippen molar-refractivity contribution in [2.24, 2.45) is 11.7 Å². The van der Waals surface area contributed by atoms with E-state index >= 15 is 0 Å². The third-order valence-corrected chi connectivity index (χ3v) is 4.71. The molecule has 4 nitrogen and oxygen atoms in total. The van der Waals surface area contributed by atoms with Gasteiger partial charge < -0.3 is 5.73 Å². The molecule has 20 heavy (non-hydrogen) atoms. The quantitative estimate of drug-likeness (QED) is 0.783. The van der Waals surface area contributed by atoms with Gasteiger partial charge in [-0.2, -0.15) is 4.31 Å². The number of benzene rings is 1. The second-order valence-electron chi connectivity index (χ2n) is 4.93. The van der Waals surface area contributed by atoms with Gasteiger partial charge in [0.05, 0.1) is 9.88 Å². The number of nitrogens with zero attached hydrogens (tertiary/aromatic N) is 1. The summed E-state index contributed by atoms with van der Waals surface area (Å²) in [6.45, 7) is 4.44. The smallest absolute Gasteiger partial charge is 0.243 e. The van der Waals surface area contributed by atoms with Crippen molar-refractivity contribution in [1.29, 1.82) is 0 Å². The van der Waals surface area contributed by atoms with Crippen LogP contribution in [-0.2, 0) is 10.0 Å². The molecule has 0 spiro atoms. The number of thiocarbonyl (C=S) groups is 1. The molecule has 0 fully saturated rings. The van der Waals surface area contributed by atoms with Crippen LogP contribution < -0.4 is 5.73 Å². The molecule has 0 unspecified atom stereocenters. The van der Waals surface area contributed by atoms with Gasteiger partial charge in [0.25, 0.3) is 0 Å². The molecular weight excluding hydrogens is 299 g/mol. The highest BCUT2D eigenvalue weighted by atomic mass is 32.2. The minimum Gasteiger partial charge on any atom is -0.393 e. The molecule has 0 amide bonds. The van der Waals surface area contributed by atoms with Crippen molar-refractivity contribution in [2.75, 3.05) is 13.1 Å². The van der Waals surface area contributed by atoms with Gasteiger partial charge in [-0.05, 0) is 30.2 Å². The number of nitrogens with two attached hydrogens (primary N) is 1. The Balaban J connectivity index is 3.03. The third kappa shape index (κ3) is 4.81. The summed E-state index contributed by atoms with van der Waals surface area (Å²) >= 11 is 4.79. The molecule has 0 atom stereocenters. The summed E-state index contributed by atoms with van der Waals surface area (Å²) in [5.41, 5.74) is 5.43. The lowest BCUT2D eigenvalue weighted by molar-refractivity contribution is 0.374. The molecule has 0 aromatic heterocycles. The van der Waals surface area contributed by atoms with E-state index in [0.29, 0.717) is 13.0 Å². The van der Waals surface area contributed by atoms with Crippen molar-refractivity contribution in [2.45, 2.75) is 25.2 Å². The average molecular weight is 318 g/mol. The summed E-state index contributed by atoms with van der Waals surface area (Å²) in [4.78, 5) is 0.343. The maximum absolute atomic E-state index is 12.9. The van der Waals surface area contributed by atoms with E-state index < -0.39 is 15.8 Å². The highest BCUT2D eigenvalue weighted by Crippen LogP contribution is 2.18. The van der Waals surface area contributed by atoms with E-state index in [2.05, 4.69) is 0 Å². The third-order valence-electron chi connectivity index (χ3n) is 2.63. The molecule has 0 aliphatic heterocycles. The number of rotatable bonds is 7. The van der Waals surface area contributed by atoms with Crippen LogP contribution in [0.25, 0.3) is 0 Å². The van der Waals surface area contributed by atoms with E-state index in [9.17, 15) is 12.8 Å². The van der Waals surface area contributed by atoms with Crippen LogP contribution in [0.3, 0.4) is 0 Å². The zero-order valence-electron chi connectivity index (χ0n) is 11.5. The lowest BCUT2D eigenvalue weighted by Gasteiger charge is -2.23. The zero-order valence-corrected chi connectivity index (χ0v) is 13.2. The molecule has 1 aromatic carbocycles. The molecule has 0 radical (unpaired) electrons. The summed E-state index contributed by atoms with van der Waals surface area (Å²) in [6.07, 6.45) is 0.322. The summed E-state index contributed by atoms with van der Waals surface area (Å²) in [5, 5.41) is 0. The minimum absolute atomic E-state index is 0.0717. The van der Waals surface area contributed by atoms with Crippen molar-refractivity contribution in [1.82, 2.24) is 4.31 Å². The Hall–Kier alpha value is -1.05. The largest absolute Gasteiger partial charge is 0.393 e. The van der Waals surface area contributed by atoms with Crippen molar-refractivity contribution in [3.05, 3.63) is 30.1 Å². The predicted molar refractivity (Wildman–Crippen MR) is 81.4 cm³/mol. The van der Waals surface area contributed by atoms with Gasteiger partial charge in [0.1, 0.15) is 5.82 Å². The molecular formula is C13H19FN2O2S2. The highest BCUT2D eigenvalue weighted by molar-refractivity contribution is 7.89. The highest BCUT2D eigenvalue weighted by Gasteiger charge is 2.25. The molecule has 1 aromatic rings. The second-order valence-corrected chi connectivity index (χ2v) is 7.39. The summed E-state index contributed by atoms with van der Waals surface area (Å²) < 4.78 is 39.3.